The van der Waals surface area contributed by atoms with Gasteiger partial charge in [-0.1, -0.05) is 136 Å². The number of unbranched alkanes of at least 4 members (excludes halogenated alkanes) is 18. The van der Waals surface area contributed by atoms with Crippen molar-refractivity contribution >= 4 is 0 Å². The van der Waals surface area contributed by atoms with Gasteiger partial charge in [-0.3, -0.25) is 0 Å². The molecule has 190 valence electrons. The van der Waals surface area contributed by atoms with Crippen molar-refractivity contribution in [2.24, 2.45) is 0 Å². The fourth-order valence-electron chi connectivity index (χ4n) is 5.11. The van der Waals surface area contributed by atoms with Gasteiger partial charge in [0.2, 0.25) is 0 Å². The second kappa shape index (κ2) is 22.1. The predicted octanol–water partition coefficient (Wildman–Crippen LogP) is 10.0. The van der Waals surface area contributed by atoms with Crippen molar-refractivity contribution in [2.75, 3.05) is 13.1 Å². The van der Waals surface area contributed by atoms with Crippen molar-refractivity contribution < 1.29 is 0 Å². The van der Waals surface area contributed by atoms with E-state index in [0.29, 0.717) is 6.17 Å². The van der Waals surface area contributed by atoms with Gasteiger partial charge < -0.3 is 9.80 Å². The van der Waals surface area contributed by atoms with Crippen LogP contribution in [0.2, 0.25) is 0 Å². The first kappa shape index (κ1) is 29.4. The van der Waals surface area contributed by atoms with E-state index in [1.165, 1.54) is 154 Å². The van der Waals surface area contributed by atoms with E-state index in [1.807, 2.05) is 0 Å². The summed E-state index contributed by atoms with van der Waals surface area (Å²) >= 11 is 0. The van der Waals surface area contributed by atoms with Gasteiger partial charge in [0, 0.05) is 25.5 Å². The second-order valence-electron chi connectivity index (χ2n) is 10.4. The molecule has 1 rings (SSSR count). The van der Waals surface area contributed by atoms with Crippen LogP contribution in [0, 0.1) is 0 Å². The van der Waals surface area contributed by atoms with Gasteiger partial charge in [-0.15, -0.1) is 0 Å². The number of hydrogen-bond acceptors (Lipinski definition) is 2. The lowest BCUT2D eigenvalue weighted by atomic mass is 10.0. The van der Waals surface area contributed by atoms with Crippen LogP contribution in [0.5, 0.6) is 0 Å². The van der Waals surface area contributed by atoms with E-state index in [4.69, 9.17) is 0 Å². The van der Waals surface area contributed by atoms with E-state index in [1.54, 1.807) is 0 Å². The maximum Gasteiger partial charge on any atom is 0.101 e. The standard InChI is InChI=1S/C30H60N2/c1-4-7-10-12-13-14-15-16-17-18-19-20-21-22-24-27-32-29-28-31(26-23-11-8-5-2)30(32)25-9-6-3/h28-30H,4-27H2,1-3H3. The van der Waals surface area contributed by atoms with Gasteiger partial charge >= 0.3 is 0 Å². The van der Waals surface area contributed by atoms with Crippen LogP contribution < -0.4 is 0 Å². The molecule has 1 heterocycles. The second-order valence-corrected chi connectivity index (χ2v) is 10.4. The van der Waals surface area contributed by atoms with Crippen LogP contribution in [0.3, 0.4) is 0 Å². The van der Waals surface area contributed by atoms with Gasteiger partial charge in [-0.2, -0.15) is 0 Å². The molecule has 0 aliphatic carbocycles. The lowest BCUT2D eigenvalue weighted by Gasteiger charge is -2.33. The molecular weight excluding hydrogens is 388 g/mol. The Morgan fingerprint density at radius 3 is 1.09 bits per heavy atom. The Bertz CT molecular complexity index is 406. The molecule has 0 aromatic heterocycles. The van der Waals surface area contributed by atoms with Crippen molar-refractivity contribution in [3.8, 4) is 0 Å². The van der Waals surface area contributed by atoms with Crippen molar-refractivity contribution in [2.45, 2.75) is 168 Å². The third-order valence-corrected chi connectivity index (χ3v) is 7.32. The maximum atomic E-state index is 2.65. The predicted molar refractivity (Wildman–Crippen MR) is 145 cm³/mol. The number of hydrogen-bond donors (Lipinski definition) is 0. The average Bonchev–Trinajstić information content (AvgIpc) is 3.19. The first-order valence-electron chi connectivity index (χ1n) is 15.0. The van der Waals surface area contributed by atoms with Crippen LogP contribution in [0.4, 0.5) is 0 Å². The Morgan fingerprint density at radius 1 is 0.406 bits per heavy atom. The average molecular weight is 449 g/mol. The summed E-state index contributed by atoms with van der Waals surface area (Å²) in [7, 11) is 0. The van der Waals surface area contributed by atoms with E-state index in [9.17, 15) is 0 Å². The summed E-state index contributed by atoms with van der Waals surface area (Å²) in [5, 5.41) is 0. The molecule has 0 saturated heterocycles. The molecule has 1 aliphatic heterocycles. The lowest BCUT2D eigenvalue weighted by molar-refractivity contribution is 0.136. The van der Waals surface area contributed by atoms with E-state index in [-0.39, 0.29) is 0 Å². The van der Waals surface area contributed by atoms with Crippen LogP contribution in [0.1, 0.15) is 162 Å². The van der Waals surface area contributed by atoms with Crippen LogP contribution in [-0.4, -0.2) is 29.1 Å². The van der Waals surface area contributed by atoms with Gasteiger partial charge in [-0.05, 0) is 25.7 Å². The van der Waals surface area contributed by atoms with E-state index >= 15 is 0 Å². The lowest BCUT2D eigenvalue weighted by Crippen LogP contribution is -2.39. The largest absolute Gasteiger partial charge is 0.356 e. The maximum absolute atomic E-state index is 2.65. The van der Waals surface area contributed by atoms with Gasteiger partial charge in [-0.25, -0.2) is 0 Å². The molecule has 0 bridgehead atoms. The SMILES string of the molecule is CCCCCCCCCCCCCCCCCN1C=CN(CCCCCC)C1CCCC. The molecule has 1 aliphatic rings. The van der Waals surface area contributed by atoms with Gasteiger partial charge in [0.05, 0.1) is 0 Å². The summed E-state index contributed by atoms with van der Waals surface area (Å²) in [6.07, 6.45) is 36.6. The first-order chi connectivity index (χ1) is 15.8. The molecular formula is C30H60N2. The normalized spacial score (nSPS) is 15.9. The van der Waals surface area contributed by atoms with Crippen molar-refractivity contribution in [3.63, 3.8) is 0 Å². The van der Waals surface area contributed by atoms with Gasteiger partial charge in [0.25, 0.3) is 0 Å². The summed E-state index contributed by atoms with van der Waals surface area (Å²) in [5.74, 6) is 0. The van der Waals surface area contributed by atoms with E-state index in [0.717, 1.165) is 0 Å². The minimum absolute atomic E-state index is 0.642. The Balaban J connectivity index is 1.99. The molecule has 0 spiro atoms. The Labute approximate surface area is 203 Å². The molecule has 0 N–H and O–H groups in total. The third-order valence-electron chi connectivity index (χ3n) is 7.32. The molecule has 2 nitrogen and oxygen atoms in total. The molecule has 0 saturated carbocycles. The molecule has 1 unspecified atom stereocenters. The monoisotopic (exact) mass is 448 g/mol. The Kier molecular flexibility index (Phi) is 20.3. The van der Waals surface area contributed by atoms with Crippen LogP contribution in [-0.2, 0) is 0 Å². The summed E-state index contributed by atoms with van der Waals surface area (Å²) < 4.78 is 0. The Hall–Kier alpha value is -0.660. The smallest absolute Gasteiger partial charge is 0.101 e. The molecule has 32 heavy (non-hydrogen) atoms. The zero-order valence-electron chi connectivity index (χ0n) is 22.6. The van der Waals surface area contributed by atoms with E-state index < -0.39 is 0 Å². The summed E-state index contributed by atoms with van der Waals surface area (Å²) in [6, 6.07) is 0. The van der Waals surface area contributed by atoms with Crippen LogP contribution in [0.15, 0.2) is 12.4 Å². The summed E-state index contributed by atoms with van der Waals surface area (Å²) in [5.41, 5.74) is 0. The van der Waals surface area contributed by atoms with E-state index in [2.05, 4.69) is 43.0 Å². The Morgan fingerprint density at radius 2 is 0.719 bits per heavy atom. The fourth-order valence-corrected chi connectivity index (χ4v) is 5.11. The van der Waals surface area contributed by atoms with Crippen molar-refractivity contribution in [1.82, 2.24) is 9.80 Å². The highest BCUT2D eigenvalue weighted by molar-refractivity contribution is 4.96. The highest BCUT2D eigenvalue weighted by Crippen LogP contribution is 2.23. The minimum Gasteiger partial charge on any atom is -0.356 e. The van der Waals surface area contributed by atoms with Crippen molar-refractivity contribution in [1.29, 1.82) is 0 Å². The van der Waals surface area contributed by atoms with Crippen molar-refractivity contribution in [3.05, 3.63) is 12.4 Å². The quantitative estimate of drug-likeness (QED) is 0.135. The molecule has 1 atom stereocenters. The highest BCUT2D eigenvalue weighted by atomic mass is 15.4. The topological polar surface area (TPSA) is 6.48 Å². The summed E-state index contributed by atoms with van der Waals surface area (Å²) in [6.45, 7) is 9.44. The first-order valence-corrected chi connectivity index (χ1v) is 15.0. The number of nitrogens with zero attached hydrogens (tertiary/aromatic N) is 2. The third kappa shape index (κ3) is 15.2. The fraction of sp³-hybridized carbons (Fsp3) is 0.933. The molecule has 0 aromatic carbocycles. The minimum atomic E-state index is 0.642. The molecule has 0 amide bonds. The highest BCUT2D eigenvalue weighted by Gasteiger charge is 2.24. The van der Waals surface area contributed by atoms with Gasteiger partial charge in [0.1, 0.15) is 6.17 Å². The molecule has 0 fully saturated rings. The van der Waals surface area contributed by atoms with Crippen LogP contribution in [0.25, 0.3) is 0 Å². The molecule has 2 heteroatoms. The number of rotatable bonds is 24. The zero-order valence-corrected chi connectivity index (χ0v) is 22.6. The summed E-state index contributed by atoms with van der Waals surface area (Å²) in [4.78, 5) is 5.29. The van der Waals surface area contributed by atoms with Crippen LogP contribution >= 0.6 is 0 Å². The van der Waals surface area contributed by atoms with Gasteiger partial charge in [0.15, 0.2) is 0 Å². The molecule has 0 aromatic rings. The molecule has 0 radical (unpaired) electrons. The zero-order chi connectivity index (χ0) is 23.1.